The van der Waals surface area contributed by atoms with Gasteiger partial charge in [-0.3, -0.25) is 4.98 Å². The van der Waals surface area contributed by atoms with Gasteiger partial charge >= 0.3 is 6.03 Å². The number of halogens is 1. The van der Waals surface area contributed by atoms with Gasteiger partial charge in [0.2, 0.25) is 0 Å². The van der Waals surface area contributed by atoms with Gasteiger partial charge in [-0.2, -0.15) is 5.26 Å². The summed E-state index contributed by atoms with van der Waals surface area (Å²) in [6.45, 7) is 1.93. The monoisotopic (exact) mass is 350 g/mol. The van der Waals surface area contributed by atoms with Crippen LogP contribution in [-0.2, 0) is 0 Å². The van der Waals surface area contributed by atoms with Crippen LogP contribution in [0.15, 0.2) is 36.7 Å². The maximum atomic E-state index is 13.5. The van der Waals surface area contributed by atoms with E-state index < -0.39 is 5.82 Å². The second-order valence-corrected chi connectivity index (χ2v) is 7.03. The van der Waals surface area contributed by atoms with E-state index in [1.165, 1.54) is 12.3 Å². The Bertz CT molecular complexity index is 905. The Balaban J connectivity index is 1.55. The van der Waals surface area contributed by atoms with Crippen LogP contribution < -0.4 is 5.32 Å². The minimum atomic E-state index is -0.396. The van der Waals surface area contributed by atoms with Crippen LogP contribution in [-0.4, -0.2) is 28.0 Å². The summed E-state index contributed by atoms with van der Waals surface area (Å²) >= 11 is 0. The van der Waals surface area contributed by atoms with Crippen molar-refractivity contribution in [1.82, 2.24) is 9.88 Å². The first-order valence-corrected chi connectivity index (χ1v) is 8.77. The van der Waals surface area contributed by atoms with E-state index >= 15 is 0 Å². The first-order chi connectivity index (χ1) is 12.6. The molecule has 0 aliphatic carbocycles. The molecule has 2 aromatic rings. The van der Waals surface area contributed by atoms with Gasteiger partial charge in [0.05, 0.1) is 24.2 Å². The molecule has 1 aromatic heterocycles. The fraction of sp³-hybridized carbons (Fsp3) is 0.350. The molecule has 4 rings (SSSR count). The summed E-state index contributed by atoms with van der Waals surface area (Å²) in [5.74, 6) is -0.468. The Morgan fingerprint density at radius 2 is 2.19 bits per heavy atom. The Hall–Kier alpha value is -2.94. The zero-order valence-electron chi connectivity index (χ0n) is 14.4. The first kappa shape index (κ1) is 16.5. The molecule has 6 heteroatoms. The van der Waals surface area contributed by atoms with E-state index in [0.717, 1.165) is 30.4 Å². The highest BCUT2D eigenvalue weighted by Gasteiger charge is 2.49. The highest BCUT2D eigenvalue weighted by atomic mass is 19.1. The number of rotatable bonds is 2. The number of aryl methyl sites for hydroxylation is 1. The number of benzene rings is 1. The third-order valence-electron chi connectivity index (χ3n) is 5.44. The number of hydrogen-bond donors (Lipinski definition) is 1. The molecule has 1 aromatic carbocycles. The summed E-state index contributed by atoms with van der Waals surface area (Å²) < 4.78 is 13.5. The van der Waals surface area contributed by atoms with Gasteiger partial charge < -0.3 is 10.2 Å². The van der Waals surface area contributed by atoms with Crippen molar-refractivity contribution in [2.24, 2.45) is 5.92 Å². The topological polar surface area (TPSA) is 69.0 Å². The zero-order valence-corrected chi connectivity index (χ0v) is 14.4. The number of nitrogens with zero attached hydrogens (tertiary/aromatic N) is 3. The van der Waals surface area contributed by atoms with Gasteiger partial charge in [0.15, 0.2) is 0 Å². The summed E-state index contributed by atoms with van der Waals surface area (Å²) in [6.07, 6.45) is 5.44. The Labute approximate surface area is 151 Å². The second kappa shape index (κ2) is 6.41. The lowest BCUT2D eigenvalue weighted by molar-refractivity contribution is -0.00638. The highest BCUT2D eigenvalue weighted by molar-refractivity contribution is 5.91. The van der Waals surface area contributed by atoms with E-state index in [1.807, 2.05) is 25.1 Å². The van der Waals surface area contributed by atoms with Crippen molar-refractivity contribution in [2.75, 3.05) is 5.32 Å². The Kier molecular flexibility index (Phi) is 4.08. The minimum absolute atomic E-state index is 0.0242. The summed E-state index contributed by atoms with van der Waals surface area (Å²) in [4.78, 5) is 18.4. The SMILES string of the molecule is Cc1ccc(NC(=O)N2C3CC[C@@H](C#N)[C@H]2C3)cc1-c1cncc(F)c1. The van der Waals surface area contributed by atoms with Crippen LogP contribution in [0.1, 0.15) is 24.8 Å². The molecular weight excluding hydrogens is 331 g/mol. The molecule has 2 fully saturated rings. The quantitative estimate of drug-likeness (QED) is 0.886. The summed E-state index contributed by atoms with van der Waals surface area (Å²) in [5.41, 5.74) is 3.12. The van der Waals surface area contributed by atoms with E-state index in [2.05, 4.69) is 16.4 Å². The Morgan fingerprint density at radius 3 is 2.92 bits per heavy atom. The molecule has 1 unspecified atom stereocenters. The molecule has 2 amide bonds. The maximum Gasteiger partial charge on any atom is 0.322 e. The van der Waals surface area contributed by atoms with Crippen LogP contribution in [0.4, 0.5) is 14.9 Å². The fourth-order valence-corrected chi connectivity index (χ4v) is 4.04. The van der Waals surface area contributed by atoms with Crippen LogP contribution in [0, 0.1) is 30.0 Å². The number of carbonyl (C=O) groups is 1. The van der Waals surface area contributed by atoms with Crippen molar-refractivity contribution in [3.05, 3.63) is 48.0 Å². The number of piperidine rings is 1. The minimum Gasteiger partial charge on any atom is -0.317 e. The van der Waals surface area contributed by atoms with E-state index in [9.17, 15) is 14.4 Å². The average molecular weight is 350 g/mol. The van der Waals surface area contributed by atoms with E-state index in [4.69, 9.17) is 0 Å². The normalized spacial score (nSPS) is 23.7. The molecule has 1 N–H and O–H groups in total. The molecule has 26 heavy (non-hydrogen) atoms. The van der Waals surface area contributed by atoms with Gasteiger partial charge in [-0.25, -0.2) is 9.18 Å². The first-order valence-electron chi connectivity index (χ1n) is 8.77. The molecule has 132 valence electrons. The second-order valence-electron chi connectivity index (χ2n) is 7.03. The molecular formula is C20H19FN4O. The van der Waals surface area contributed by atoms with Crippen molar-refractivity contribution in [3.8, 4) is 17.2 Å². The number of amides is 2. The molecule has 0 radical (unpaired) electrons. The van der Waals surface area contributed by atoms with Crippen molar-refractivity contribution in [3.63, 3.8) is 0 Å². The molecule has 3 heterocycles. The lowest BCUT2D eigenvalue weighted by atomic mass is 9.73. The van der Waals surface area contributed by atoms with Crippen molar-refractivity contribution < 1.29 is 9.18 Å². The van der Waals surface area contributed by atoms with Crippen LogP contribution in [0.5, 0.6) is 0 Å². The maximum absolute atomic E-state index is 13.5. The number of aromatic nitrogens is 1. The van der Waals surface area contributed by atoms with Crippen molar-refractivity contribution in [1.29, 1.82) is 5.26 Å². The average Bonchev–Trinajstić information content (AvgIpc) is 2.63. The number of pyridine rings is 1. The lowest BCUT2D eigenvalue weighted by Crippen LogP contribution is -2.65. The molecule has 2 aliphatic heterocycles. The number of urea groups is 1. The van der Waals surface area contributed by atoms with Crippen molar-refractivity contribution in [2.45, 2.75) is 38.3 Å². The highest BCUT2D eigenvalue weighted by Crippen LogP contribution is 2.42. The molecule has 0 saturated carbocycles. The molecule has 0 spiro atoms. The van der Waals surface area contributed by atoms with Crippen LogP contribution in [0.3, 0.4) is 0 Å². The van der Waals surface area contributed by atoms with Gasteiger partial charge in [0.25, 0.3) is 0 Å². The van der Waals surface area contributed by atoms with Crippen LogP contribution >= 0.6 is 0 Å². The summed E-state index contributed by atoms with van der Waals surface area (Å²) in [6, 6.07) is 9.40. The van der Waals surface area contributed by atoms with Gasteiger partial charge in [-0.05, 0) is 55.5 Å². The van der Waals surface area contributed by atoms with E-state index in [-0.39, 0.29) is 24.0 Å². The van der Waals surface area contributed by atoms with E-state index in [1.54, 1.807) is 11.1 Å². The molecule has 5 nitrogen and oxygen atoms in total. The molecule has 3 atom stereocenters. The molecule has 2 aliphatic rings. The van der Waals surface area contributed by atoms with Crippen molar-refractivity contribution >= 4 is 11.7 Å². The fourth-order valence-electron chi connectivity index (χ4n) is 4.04. The number of nitrogens with one attached hydrogen (secondary N) is 1. The number of nitriles is 1. The largest absolute Gasteiger partial charge is 0.322 e. The Morgan fingerprint density at radius 1 is 1.35 bits per heavy atom. The lowest BCUT2D eigenvalue weighted by Gasteiger charge is -2.54. The summed E-state index contributed by atoms with van der Waals surface area (Å²) in [5, 5.41) is 12.2. The smallest absolute Gasteiger partial charge is 0.317 e. The zero-order chi connectivity index (χ0) is 18.3. The number of anilines is 1. The number of hydrogen-bond acceptors (Lipinski definition) is 3. The van der Waals surface area contributed by atoms with Gasteiger partial charge in [0, 0.05) is 23.5 Å². The molecule has 2 bridgehead atoms. The number of carbonyl (C=O) groups excluding carboxylic acids is 1. The summed E-state index contributed by atoms with van der Waals surface area (Å²) in [7, 11) is 0. The van der Waals surface area contributed by atoms with Gasteiger partial charge in [0.1, 0.15) is 5.82 Å². The van der Waals surface area contributed by atoms with Crippen LogP contribution in [0.2, 0.25) is 0 Å². The molecule has 2 saturated heterocycles. The standard InChI is InChI=1S/C20H19FN4O/c1-12-2-4-16(7-18(12)14-6-15(21)11-23-10-14)24-20(26)25-17-5-3-13(9-22)19(25)8-17/h2,4,6-7,10-11,13,17,19H,3,5,8H2,1H3,(H,24,26)/t13-,17?,19+/m0/s1. The third kappa shape index (κ3) is 2.80. The van der Waals surface area contributed by atoms with Gasteiger partial charge in [-0.15, -0.1) is 0 Å². The predicted octanol–water partition coefficient (Wildman–Crippen LogP) is 4.10. The third-order valence-corrected chi connectivity index (χ3v) is 5.44. The predicted molar refractivity (Wildman–Crippen MR) is 95.8 cm³/mol. The number of fused-ring (bicyclic) bond motifs is 2. The van der Waals surface area contributed by atoms with Gasteiger partial charge in [-0.1, -0.05) is 6.07 Å². The van der Waals surface area contributed by atoms with Crippen LogP contribution in [0.25, 0.3) is 11.1 Å². The van der Waals surface area contributed by atoms with E-state index in [0.29, 0.717) is 11.3 Å².